The summed E-state index contributed by atoms with van der Waals surface area (Å²) >= 11 is 0. The monoisotopic (exact) mass is 234 g/mol. The van der Waals surface area contributed by atoms with Crippen LogP contribution in [0.1, 0.15) is 44.9 Å². The van der Waals surface area contributed by atoms with Crippen molar-refractivity contribution in [3.8, 4) is 0 Å². The molecule has 1 fully saturated rings. The Morgan fingerprint density at radius 3 is 2.94 bits per heavy atom. The van der Waals surface area contributed by atoms with Crippen LogP contribution in [0.3, 0.4) is 0 Å². The van der Waals surface area contributed by atoms with Crippen LogP contribution in [0.2, 0.25) is 0 Å². The third-order valence-electron chi connectivity index (χ3n) is 3.57. The summed E-state index contributed by atoms with van der Waals surface area (Å²) in [5.74, 6) is 3.01. The number of nitrogens with two attached hydrogens (primary N) is 1. The van der Waals surface area contributed by atoms with Crippen LogP contribution in [-0.4, -0.2) is 16.0 Å². The average Bonchev–Trinajstić information content (AvgIpc) is 2.28. The molecule has 17 heavy (non-hydrogen) atoms. The minimum Gasteiger partial charge on any atom is -0.384 e. The van der Waals surface area contributed by atoms with Crippen molar-refractivity contribution < 1.29 is 0 Å². The lowest BCUT2D eigenvalue weighted by Crippen LogP contribution is -2.27. The average molecular weight is 234 g/mol. The van der Waals surface area contributed by atoms with Crippen molar-refractivity contribution in [3.63, 3.8) is 0 Å². The van der Waals surface area contributed by atoms with Gasteiger partial charge in [-0.3, -0.25) is 0 Å². The Hall–Kier alpha value is -1.32. The highest BCUT2D eigenvalue weighted by Gasteiger charge is 2.20. The van der Waals surface area contributed by atoms with E-state index in [-0.39, 0.29) is 0 Å². The molecule has 0 bridgehead atoms. The molecule has 1 aromatic heterocycles. The van der Waals surface area contributed by atoms with E-state index in [1.54, 1.807) is 0 Å². The first kappa shape index (κ1) is 12.1. The predicted molar refractivity (Wildman–Crippen MR) is 70.8 cm³/mol. The van der Waals surface area contributed by atoms with Crippen LogP contribution in [0.5, 0.6) is 0 Å². The molecule has 94 valence electrons. The highest BCUT2D eigenvalue weighted by Crippen LogP contribution is 2.28. The smallest absolute Gasteiger partial charge is 0.132 e. The van der Waals surface area contributed by atoms with Crippen LogP contribution in [0.15, 0.2) is 6.07 Å². The summed E-state index contributed by atoms with van der Waals surface area (Å²) in [4.78, 5) is 8.46. The van der Waals surface area contributed by atoms with E-state index >= 15 is 0 Å². The van der Waals surface area contributed by atoms with Gasteiger partial charge in [0.15, 0.2) is 0 Å². The van der Waals surface area contributed by atoms with Crippen LogP contribution >= 0.6 is 0 Å². The first-order valence-electron chi connectivity index (χ1n) is 6.55. The summed E-state index contributed by atoms with van der Waals surface area (Å²) in [5, 5.41) is 3.50. The number of aryl methyl sites for hydroxylation is 1. The second-order valence-electron chi connectivity index (χ2n) is 5.01. The lowest BCUT2D eigenvalue weighted by Gasteiger charge is -2.29. The van der Waals surface area contributed by atoms with Gasteiger partial charge in [0.25, 0.3) is 0 Å². The molecular formula is C13H22N4. The van der Waals surface area contributed by atoms with Crippen LogP contribution in [0, 0.1) is 12.8 Å². The van der Waals surface area contributed by atoms with Crippen molar-refractivity contribution >= 4 is 11.6 Å². The molecule has 0 spiro atoms. The summed E-state index contributed by atoms with van der Waals surface area (Å²) in [7, 11) is 0. The van der Waals surface area contributed by atoms with Gasteiger partial charge in [0, 0.05) is 12.1 Å². The second kappa shape index (κ2) is 5.34. The maximum Gasteiger partial charge on any atom is 0.132 e. The van der Waals surface area contributed by atoms with Crippen molar-refractivity contribution in [1.82, 2.24) is 9.97 Å². The molecule has 2 rings (SSSR count). The highest BCUT2D eigenvalue weighted by atomic mass is 15.1. The normalized spacial score (nSPS) is 24.6. The van der Waals surface area contributed by atoms with Gasteiger partial charge in [-0.05, 0) is 25.7 Å². The zero-order valence-corrected chi connectivity index (χ0v) is 10.7. The van der Waals surface area contributed by atoms with Crippen molar-refractivity contribution in [3.05, 3.63) is 11.9 Å². The predicted octanol–water partition coefficient (Wildman–Crippen LogP) is 2.75. The van der Waals surface area contributed by atoms with E-state index < -0.39 is 0 Å². The molecule has 0 aromatic carbocycles. The fraction of sp³-hybridized carbons (Fsp3) is 0.692. The zero-order valence-electron chi connectivity index (χ0n) is 10.7. The number of nitrogens with zero attached hydrogens (tertiary/aromatic N) is 2. The summed E-state index contributed by atoms with van der Waals surface area (Å²) in [6.07, 6.45) is 6.46. The molecule has 0 radical (unpaired) electrons. The van der Waals surface area contributed by atoms with Gasteiger partial charge >= 0.3 is 0 Å². The number of hydrogen-bond acceptors (Lipinski definition) is 4. The Kier molecular flexibility index (Phi) is 3.82. The Bertz CT molecular complexity index is 357. The van der Waals surface area contributed by atoms with Gasteiger partial charge < -0.3 is 11.1 Å². The first-order valence-corrected chi connectivity index (χ1v) is 6.55. The fourth-order valence-corrected chi connectivity index (χ4v) is 2.67. The summed E-state index contributed by atoms with van der Waals surface area (Å²) in [6, 6.07) is 2.37. The van der Waals surface area contributed by atoms with Gasteiger partial charge in [-0.1, -0.05) is 26.2 Å². The Balaban J connectivity index is 2.00. The van der Waals surface area contributed by atoms with E-state index in [4.69, 9.17) is 5.73 Å². The zero-order chi connectivity index (χ0) is 12.3. The van der Waals surface area contributed by atoms with Gasteiger partial charge in [-0.2, -0.15) is 0 Å². The van der Waals surface area contributed by atoms with Gasteiger partial charge in [0.2, 0.25) is 0 Å². The topological polar surface area (TPSA) is 63.8 Å². The molecule has 0 aliphatic heterocycles. The van der Waals surface area contributed by atoms with E-state index in [2.05, 4.69) is 22.2 Å². The number of nitrogen functional groups attached to an aromatic ring is 1. The van der Waals surface area contributed by atoms with Crippen molar-refractivity contribution in [1.29, 1.82) is 0 Å². The third-order valence-corrected chi connectivity index (χ3v) is 3.57. The molecule has 2 unspecified atom stereocenters. The molecule has 4 nitrogen and oxygen atoms in total. The maximum absolute atomic E-state index is 5.73. The van der Waals surface area contributed by atoms with E-state index in [1.165, 1.54) is 32.1 Å². The van der Waals surface area contributed by atoms with E-state index in [0.29, 0.717) is 11.9 Å². The third kappa shape index (κ3) is 3.32. The molecule has 1 aliphatic rings. The number of aromatic nitrogens is 2. The molecule has 1 aromatic rings. The lowest BCUT2D eigenvalue weighted by molar-refractivity contribution is 0.327. The minimum absolute atomic E-state index is 0.544. The number of anilines is 2. The Morgan fingerprint density at radius 1 is 1.41 bits per heavy atom. The first-order chi connectivity index (χ1) is 8.17. The molecule has 4 heteroatoms. The maximum atomic E-state index is 5.73. The molecule has 1 saturated carbocycles. The fourth-order valence-electron chi connectivity index (χ4n) is 2.67. The molecule has 1 heterocycles. The van der Waals surface area contributed by atoms with Gasteiger partial charge in [0.1, 0.15) is 17.5 Å². The van der Waals surface area contributed by atoms with Gasteiger partial charge in [-0.25, -0.2) is 9.97 Å². The molecule has 3 N–H and O–H groups in total. The molecule has 1 aliphatic carbocycles. The Labute approximate surface area is 103 Å². The molecular weight excluding hydrogens is 212 g/mol. The number of nitrogens with one attached hydrogen (secondary N) is 1. The van der Waals surface area contributed by atoms with Gasteiger partial charge in [0.05, 0.1) is 0 Å². The van der Waals surface area contributed by atoms with E-state index in [9.17, 15) is 0 Å². The van der Waals surface area contributed by atoms with Crippen molar-refractivity contribution in [2.75, 3.05) is 11.1 Å². The van der Waals surface area contributed by atoms with Crippen LogP contribution in [0.25, 0.3) is 0 Å². The number of hydrogen-bond donors (Lipinski definition) is 2. The standard InChI is InChI=1S/C13H22N4/c1-3-10-5-4-6-11(7-10)17-13-8-12(14)15-9(2)16-13/h8,10-11H,3-7H2,1-2H3,(H3,14,15,16,17). The van der Waals surface area contributed by atoms with Crippen LogP contribution in [0.4, 0.5) is 11.6 Å². The van der Waals surface area contributed by atoms with E-state index in [0.717, 1.165) is 17.6 Å². The Morgan fingerprint density at radius 2 is 2.24 bits per heavy atom. The van der Waals surface area contributed by atoms with Crippen LogP contribution < -0.4 is 11.1 Å². The van der Waals surface area contributed by atoms with Gasteiger partial charge in [-0.15, -0.1) is 0 Å². The van der Waals surface area contributed by atoms with Crippen LogP contribution in [-0.2, 0) is 0 Å². The highest BCUT2D eigenvalue weighted by molar-refractivity contribution is 5.45. The lowest BCUT2D eigenvalue weighted by atomic mass is 9.84. The van der Waals surface area contributed by atoms with E-state index in [1.807, 2.05) is 13.0 Å². The van der Waals surface area contributed by atoms with Crippen molar-refractivity contribution in [2.45, 2.75) is 52.0 Å². The van der Waals surface area contributed by atoms with Crippen molar-refractivity contribution in [2.24, 2.45) is 5.92 Å². The summed E-state index contributed by atoms with van der Waals surface area (Å²) < 4.78 is 0. The molecule has 0 saturated heterocycles. The molecule has 0 amide bonds. The SMILES string of the molecule is CCC1CCCC(Nc2cc(N)nc(C)n2)C1. The quantitative estimate of drug-likeness (QED) is 0.844. The second-order valence-corrected chi connectivity index (χ2v) is 5.01. The number of rotatable bonds is 3. The molecule has 2 atom stereocenters. The largest absolute Gasteiger partial charge is 0.384 e. The summed E-state index contributed by atoms with van der Waals surface area (Å²) in [6.45, 7) is 4.15. The summed E-state index contributed by atoms with van der Waals surface area (Å²) in [5.41, 5.74) is 5.73. The minimum atomic E-state index is 0.544.